The molecule has 0 spiro atoms. The number of nitrogens with zero attached hydrogens (tertiary/aromatic N) is 2. The summed E-state index contributed by atoms with van der Waals surface area (Å²) in [6.45, 7) is 3.14. The van der Waals surface area contributed by atoms with Crippen molar-refractivity contribution in [3.63, 3.8) is 0 Å². The number of nitrogens with two attached hydrogens (primary N) is 2. The van der Waals surface area contributed by atoms with Crippen LogP contribution in [0.3, 0.4) is 0 Å². The van der Waals surface area contributed by atoms with E-state index in [1.165, 1.54) is 0 Å². The van der Waals surface area contributed by atoms with Crippen LogP contribution in [0.4, 0.5) is 0 Å². The van der Waals surface area contributed by atoms with E-state index < -0.39 is 0 Å². The third kappa shape index (κ3) is 2.32. The van der Waals surface area contributed by atoms with Crippen molar-refractivity contribution >= 4 is 5.91 Å². The van der Waals surface area contributed by atoms with E-state index in [0.717, 1.165) is 12.2 Å². The molecular formula is C9H16N4O. The Labute approximate surface area is 83.1 Å². The van der Waals surface area contributed by atoms with Crippen molar-refractivity contribution in [3.05, 3.63) is 18.2 Å². The SMILES string of the molecule is CCn1cncc1CC(CN)C(N)=O. The lowest BCUT2D eigenvalue weighted by molar-refractivity contribution is -0.121. The van der Waals surface area contributed by atoms with Crippen LogP contribution < -0.4 is 11.5 Å². The monoisotopic (exact) mass is 196 g/mol. The number of carbonyl (C=O) groups excluding carboxylic acids is 1. The van der Waals surface area contributed by atoms with Gasteiger partial charge in [0.15, 0.2) is 0 Å². The van der Waals surface area contributed by atoms with Gasteiger partial charge in [-0.1, -0.05) is 0 Å². The van der Waals surface area contributed by atoms with Crippen LogP contribution in [-0.2, 0) is 17.8 Å². The minimum absolute atomic E-state index is 0.282. The summed E-state index contributed by atoms with van der Waals surface area (Å²) in [5.74, 6) is -0.645. The van der Waals surface area contributed by atoms with Crippen molar-refractivity contribution in [2.75, 3.05) is 6.54 Å². The Morgan fingerprint density at radius 2 is 2.43 bits per heavy atom. The summed E-state index contributed by atoms with van der Waals surface area (Å²) in [5.41, 5.74) is 11.7. The predicted octanol–water partition coefficient (Wildman–Crippen LogP) is -0.494. The minimum Gasteiger partial charge on any atom is -0.369 e. The summed E-state index contributed by atoms with van der Waals surface area (Å²) in [4.78, 5) is 15.0. The van der Waals surface area contributed by atoms with Gasteiger partial charge in [-0.05, 0) is 6.92 Å². The summed E-state index contributed by atoms with van der Waals surface area (Å²) in [6, 6.07) is 0. The van der Waals surface area contributed by atoms with E-state index in [1.807, 2.05) is 11.5 Å². The molecule has 1 heterocycles. The van der Waals surface area contributed by atoms with E-state index in [1.54, 1.807) is 12.5 Å². The molecule has 78 valence electrons. The molecule has 5 heteroatoms. The third-order valence-electron chi connectivity index (χ3n) is 2.28. The van der Waals surface area contributed by atoms with Crippen LogP contribution in [0, 0.1) is 5.92 Å². The van der Waals surface area contributed by atoms with Crippen molar-refractivity contribution in [3.8, 4) is 0 Å². The zero-order valence-corrected chi connectivity index (χ0v) is 8.31. The van der Waals surface area contributed by atoms with Crippen molar-refractivity contribution in [1.29, 1.82) is 0 Å². The van der Waals surface area contributed by atoms with Gasteiger partial charge >= 0.3 is 0 Å². The number of hydrogen-bond donors (Lipinski definition) is 2. The number of primary amides is 1. The normalized spacial score (nSPS) is 12.7. The van der Waals surface area contributed by atoms with E-state index in [9.17, 15) is 4.79 Å². The second kappa shape index (κ2) is 4.76. The molecule has 1 rings (SSSR count). The smallest absolute Gasteiger partial charge is 0.222 e. The molecule has 0 fully saturated rings. The molecule has 1 atom stereocenters. The quantitative estimate of drug-likeness (QED) is 0.666. The fourth-order valence-corrected chi connectivity index (χ4v) is 1.36. The van der Waals surface area contributed by atoms with E-state index in [2.05, 4.69) is 4.98 Å². The Kier molecular flexibility index (Phi) is 3.64. The second-order valence-electron chi connectivity index (χ2n) is 3.21. The summed E-state index contributed by atoms with van der Waals surface area (Å²) >= 11 is 0. The second-order valence-corrected chi connectivity index (χ2v) is 3.21. The average molecular weight is 196 g/mol. The highest BCUT2D eigenvalue weighted by atomic mass is 16.1. The molecule has 0 aliphatic heterocycles. The predicted molar refractivity (Wildman–Crippen MR) is 53.3 cm³/mol. The largest absolute Gasteiger partial charge is 0.369 e. The van der Waals surface area contributed by atoms with Crippen molar-refractivity contribution in [1.82, 2.24) is 9.55 Å². The molecule has 0 saturated heterocycles. The molecule has 4 N–H and O–H groups in total. The first kappa shape index (κ1) is 10.7. The van der Waals surface area contributed by atoms with Gasteiger partial charge in [0.1, 0.15) is 0 Å². The lowest BCUT2D eigenvalue weighted by Crippen LogP contribution is -2.32. The third-order valence-corrected chi connectivity index (χ3v) is 2.28. The van der Waals surface area contributed by atoms with Gasteiger partial charge in [0.05, 0.1) is 12.2 Å². The highest BCUT2D eigenvalue weighted by Gasteiger charge is 2.15. The Morgan fingerprint density at radius 3 is 2.93 bits per heavy atom. The van der Waals surface area contributed by atoms with Crippen LogP contribution >= 0.6 is 0 Å². The number of hydrogen-bond acceptors (Lipinski definition) is 3. The Hall–Kier alpha value is -1.36. The Morgan fingerprint density at radius 1 is 1.71 bits per heavy atom. The van der Waals surface area contributed by atoms with Gasteiger partial charge in [0.2, 0.25) is 5.91 Å². The first-order chi connectivity index (χ1) is 6.69. The van der Waals surface area contributed by atoms with Crippen LogP contribution in [-0.4, -0.2) is 22.0 Å². The van der Waals surface area contributed by atoms with Gasteiger partial charge in [-0.2, -0.15) is 0 Å². The Bertz CT molecular complexity index is 308. The van der Waals surface area contributed by atoms with Crippen molar-refractivity contribution in [2.24, 2.45) is 17.4 Å². The first-order valence-electron chi connectivity index (χ1n) is 4.67. The average Bonchev–Trinajstić information content (AvgIpc) is 2.60. The summed E-state index contributed by atoms with van der Waals surface area (Å²) in [6.07, 6.45) is 4.05. The fraction of sp³-hybridized carbons (Fsp3) is 0.556. The molecule has 1 aromatic rings. The van der Waals surface area contributed by atoms with Crippen molar-refractivity contribution in [2.45, 2.75) is 19.9 Å². The highest BCUT2D eigenvalue weighted by Crippen LogP contribution is 2.07. The molecule has 1 amide bonds. The van der Waals surface area contributed by atoms with E-state index in [4.69, 9.17) is 11.5 Å². The molecule has 1 aromatic heterocycles. The zero-order chi connectivity index (χ0) is 10.6. The lowest BCUT2D eigenvalue weighted by Gasteiger charge is -2.11. The molecule has 1 unspecified atom stereocenters. The number of aromatic nitrogens is 2. The van der Waals surface area contributed by atoms with Crippen LogP contribution in [0.25, 0.3) is 0 Å². The standard InChI is InChI=1S/C9H16N4O/c1-2-13-6-12-5-8(13)3-7(4-10)9(11)14/h5-7H,2-4,10H2,1H3,(H2,11,14). The molecule has 0 aromatic carbocycles. The summed E-state index contributed by atoms with van der Waals surface area (Å²) in [7, 11) is 0. The molecular weight excluding hydrogens is 180 g/mol. The zero-order valence-electron chi connectivity index (χ0n) is 8.31. The van der Waals surface area contributed by atoms with Crippen LogP contribution in [0.2, 0.25) is 0 Å². The van der Waals surface area contributed by atoms with Crippen molar-refractivity contribution < 1.29 is 4.79 Å². The van der Waals surface area contributed by atoms with Crippen LogP contribution in [0.1, 0.15) is 12.6 Å². The molecule has 0 aliphatic carbocycles. The van der Waals surface area contributed by atoms with E-state index in [0.29, 0.717) is 6.42 Å². The molecule has 5 nitrogen and oxygen atoms in total. The molecule has 0 radical (unpaired) electrons. The molecule has 0 saturated carbocycles. The van der Waals surface area contributed by atoms with Gasteiger partial charge in [0.25, 0.3) is 0 Å². The van der Waals surface area contributed by atoms with Gasteiger partial charge in [0, 0.05) is 31.4 Å². The molecule has 14 heavy (non-hydrogen) atoms. The van der Waals surface area contributed by atoms with Gasteiger partial charge in [-0.25, -0.2) is 4.98 Å². The number of aryl methyl sites for hydroxylation is 1. The number of imidazole rings is 1. The summed E-state index contributed by atoms with van der Waals surface area (Å²) < 4.78 is 1.98. The number of rotatable bonds is 5. The maximum absolute atomic E-state index is 11.0. The van der Waals surface area contributed by atoms with Gasteiger partial charge in [-0.15, -0.1) is 0 Å². The first-order valence-corrected chi connectivity index (χ1v) is 4.67. The van der Waals surface area contributed by atoms with Gasteiger partial charge in [-0.3, -0.25) is 4.79 Å². The number of amides is 1. The lowest BCUT2D eigenvalue weighted by atomic mass is 10.0. The highest BCUT2D eigenvalue weighted by molar-refractivity contribution is 5.77. The van der Waals surface area contributed by atoms with Gasteiger partial charge < -0.3 is 16.0 Å². The minimum atomic E-state index is -0.351. The van der Waals surface area contributed by atoms with E-state index >= 15 is 0 Å². The summed E-state index contributed by atoms with van der Waals surface area (Å²) in [5, 5.41) is 0. The fourth-order valence-electron chi connectivity index (χ4n) is 1.36. The maximum Gasteiger partial charge on any atom is 0.222 e. The van der Waals surface area contributed by atoms with E-state index in [-0.39, 0.29) is 18.4 Å². The Balaban J connectivity index is 2.71. The number of carbonyl (C=O) groups is 1. The molecule has 0 bridgehead atoms. The topological polar surface area (TPSA) is 86.9 Å². The molecule has 0 aliphatic rings. The maximum atomic E-state index is 11.0. The van der Waals surface area contributed by atoms with Crippen LogP contribution in [0.15, 0.2) is 12.5 Å². The van der Waals surface area contributed by atoms with Crippen LogP contribution in [0.5, 0.6) is 0 Å².